The number of esters is 3. The molecule has 6 heterocycles. The maximum absolute atomic E-state index is 15.2. The molecule has 2 aromatic carbocycles. The van der Waals surface area contributed by atoms with E-state index in [1.807, 2.05) is 37.1 Å². The molecule has 1 aliphatic carbocycles. The Kier molecular flexibility index (Phi) is 8.77. The molecule has 1 spiro atoms. The molecule has 12 heteroatoms. The summed E-state index contributed by atoms with van der Waals surface area (Å²) in [6.45, 7) is 9.19. The van der Waals surface area contributed by atoms with Gasteiger partial charge in [-0.25, -0.2) is 4.79 Å². The van der Waals surface area contributed by atoms with E-state index in [4.69, 9.17) is 18.9 Å². The third-order valence-corrected chi connectivity index (χ3v) is 14.8. The van der Waals surface area contributed by atoms with Crippen LogP contribution in [0.4, 0.5) is 5.69 Å². The molecule has 1 saturated carbocycles. The van der Waals surface area contributed by atoms with Crippen molar-refractivity contribution in [1.82, 2.24) is 14.8 Å². The van der Waals surface area contributed by atoms with Gasteiger partial charge < -0.3 is 33.9 Å². The summed E-state index contributed by atoms with van der Waals surface area (Å²) in [6.07, 6.45) is 7.67. The van der Waals surface area contributed by atoms with Crippen LogP contribution in [0.3, 0.4) is 0 Å². The first kappa shape index (κ1) is 37.9. The summed E-state index contributed by atoms with van der Waals surface area (Å²) in [6, 6.07) is 11.2. The van der Waals surface area contributed by atoms with Gasteiger partial charge in [-0.05, 0) is 61.4 Å². The monoisotopic (exact) mass is 778 g/mol. The fraction of sp³-hybridized carbons (Fsp3) is 0.533. The molecule has 9 atom stereocenters. The van der Waals surface area contributed by atoms with Gasteiger partial charge in [-0.2, -0.15) is 0 Å². The maximum atomic E-state index is 15.2. The quantitative estimate of drug-likeness (QED) is 0.196. The minimum atomic E-state index is -2.27. The predicted octanol–water partition coefficient (Wildman–Crippen LogP) is 4.75. The first-order valence-corrected chi connectivity index (χ1v) is 20.3. The van der Waals surface area contributed by atoms with Gasteiger partial charge >= 0.3 is 17.9 Å². The molecule has 2 N–H and O–H groups in total. The molecular weight excluding hydrogens is 725 g/mol. The van der Waals surface area contributed by atoms with E-state index in [1.165, 1.54) is 26.7 Å². The second-order valence-electron chi connectivity index (χ2n) is 17.2. The Morgan fingerprint density at radius 2 is 1.77 bits per heavy atom. The topological polar surface area (TPSA) is 134 Å². The summed E-state index contributed by atoms with van der Waals surface area (Å²) in [4.78, 5) is 53.1. The first-order valence-electron chi connectivity index (χ1n) is 20.3. The Labute approximate surface area is 333 Å². The summed E-state index contributed by atoms with van der Waals surface area (Å²) in [5, 5.41) is 14.4. The number of rotatable bonds is 7. The fourth-order valence-electron chi connectivity index (χ4n) is 12.8. The Bertz CT molecular complexity index is 2250. The van der Waals surface area contributed by atoms with Crippen molar-refractivity contribution in [3.63, 3.8) is 0 Å². The molecular formula is C45H54N4O8. The largest absolute Gasteiger partial charge is 0.496 e. The van der Waals surface area contributed by atoms with E-state index in [0.29, 0.717) is 50.2 Å². The highest BCUT2D eigenvalue weighted by atomic mass is 16.6. The van der Waals surface area contributed by atoms with E-state index < -0.39 is 45.9 Å². The van der Waals surface area contributed by atoms with Crippen molar-refractivity contribution < 1.29 is 38.4 Å². The van der Waals surface area contributed by atoms with Crippen LogP contribution in [0.1, 0.15) is 68.8 Å². The van der Waals surface area contributed by atoms with Gasteiger partial charge in [0.1, 0.15) is 11.2 Å². The molecule has 5 aliphatic heterocycles. The number of H-pyrrole nitrogens is 1. The number of likely N-dealkylation sites (N-methyl/N-ethyl adjacent to an activating group) is 1. The lowest BCUT2D eigenvalue weighted by atomic mass is 9.47. The Morgan fingerprint density at radius 1 is 1.00 bits per heavy atom. The summed E-state index contributed by atoms with van der Waals surface area (Å²) in [5.41, 5.74) is 1.05. The number of hydrogen-bond donors (Lipinski definition) is 2. The van der Waals surface area contributed by atoms with Crippen molar-refractivity contribution in [1.29, 1.82) is 0 Å². The zero-order chi connectivity index (χ0) is 40.2. The van der Waals surface area contributed by atoms with Crippen LogP contribution in [-0.2, 0) is 46.0 Å². The number of hydrogen-bond acceptors (Lipinski definition) is 11. The molecule has 1 aromatic heterocycles. The second-order valence-corrected chi connectivity index (χ2v) is 17.2. The van der Waals surface area contributed by atoms with Gasteiger partial charge in [-0.1, -0.05) is 55.8 Å². The maximum Gasteiger partial charge on any atom is 0.344 e. The van der Waals surface area contributed by atoms with Gasteiger partial charge in [0.05, 0.1) is 27.4 Å². The standard InChI is InChI=1S/C45H54N4O8/c1-8-27-19-28-22-44(40(51)55-6,36-30(25-48(23-27)24-28)29-13-10-11-14-33(29)46-36)32-20-31-34(21-35(32)54-5)47(4)38-43(31)16-18-49-17-12-15-42(9-2,37(43)49)39(57-26(3)50)45(38,53)41(52)56-7/h10-15,19-21,28,37-39,46,53H,8-9,16-18,22-25H2,1-7H3/t28-,37-,38+,39+,42+,43?,44-,45+/m0/s1. The summed E-state index contributed by atoms with van der Waals surface area (Å²) >= 11 is 0. The number of anilines is 1. The van der Waals surface area contributed by atoms with Crippen LogP contribution in [0, 0.1) is 11.3 Å². The molecule has 1 saturated heterocycles. The number of fused-ring (bicyclic) bond motifs is 6. The molecule has 2 fully saturated rings. The Balaban J connectivity index is 1.37. The summed E-state index contributed by atoms with van der Waals surface area (Å²) in [7, 11) is 6.22. The van der Waals surface area contributed by atoms with E-state index in [1.54, 1.807) is 7.11 Å². The van der Waals surface area contributed by atoms with E-state index in [-0.39, 0.29) is 17.9 Å². The Hall–Kier alpha value is -4.65. The van der Waals surface area contributed by atoms with Crippen molar-refractivity contribution in [2.75, 3.05) is 59.5 Å². The smallest absolute Gasteiger partial charge is 0.344 e. The SMILES string of the molecule is CCC1=C[C@@H]2CN(C1)Cc1c([nH]c3ccccc13)[C@@](C(=O)OC)(c1cc3c(cc1OC)N(C)[C@@H]1C34CCN3CC=C[C@](CC)([C@H]34)[C@@H](OC(C)=O)[C@@]1(O)C(=O)OC)C2. The molecule has 3 aromatic rings. The highest BCUT2D eigenvalue weighted by Crippen LogP contribution is 2.68. The number of carbonyl (C=O) groups is 3. The molecule has 12 nitrogen and oxygen atoms in total. The molecule has 2 bridgehead atoms. The normalized spacial score (nSPS) is 34.9. The van der Waals surface area contributed by atoms with Crippen LogP contribution in [0.2, 0.25) is 0 Å². The highest BCUT2D eigenvalue weighted by molar-refractivity contribution is 5.95. The van der Waals surface area contributed by atoms with Gasteiger partial charge in [-0.15, -0.1) is 0 Å². The lowest BCUT2D eigenvalue weighted by Crippen LogP contribution is -2.81. The van der Waals surface area contributed by atoms with E-state index in [2.05, 4.69) is 58.1 Å². The van der Waals surface area contributed by atoms with Crippen molar-refractivity contribution >= 4 is 34.5 Å². The van der Waals surface area contributed by atoms with E-state index in [9.17, 15) is 14.7 Å². The second kappa shape index (κ2) is 13.2. The number of benzene rings is 2. The van der Waals surface area contributed by atoms with Crippen molar-refractivity contribution in [3.05, 3.63) is 82.6 Å². The van der Waals surface area contributed by atoms with Crippen molar-refractivity contribution in [2.45, 2.75) is 87.6 Å². The van der Waals surface area contributed by atoms with E-state index >= 15 is 4.79 Å². The van der Waals surface area contributed by atoms with Crippen molar-refractivity contribution in [2.24, 2.45) is 11.3 Å². The number of methoxy groups -OCH3 is 3. The molecule has 0 radical (unpaired) electrons. The average Bonchev–Trinajstić information content (AvgIpc) is 3.87. The van der Waals surface area contributed by atoms with Crippen LogP contribution in [0.5, 0.6) is 5.75 Å². The molecule has 0 amide bonds. The van der Waals surface area contributed by atoms with Gasteiger partial charge in [0.15, 0.2) is 6.10 Å². The van der Waals surface area contributed by atoms with Crippen LogP contribution in [0.15, 0.2) is 60.2 Å². The van der Waals surface area contributed by atoms with Gasteiger partial charge in [0.2, 0.25) is 5.60 Å². The van der Waals surface area contributed by atoms with Gasteiger partial charge in [-0.3, -0.25) is 19.4 Å². The number of aromatic amines is 1. The number of ether oxygens (including phenoxy) is 4. The zero-order valence-electron chi connectivity index (χ0n) is 34.0. The predicted molar refractivity (Wildman–Crippen MR) is 214 cm³/mol. The number of carbonyl (C=O) groups excluding carboxylic acids is 3. The van der Waals surface area contributed by atoms with Crippen molar-refractivity contribution in [3.8, 4) is 5.75 Å². The zero-order valence-corrected chi connectivity index (χ0v) is 34.0. The highest BCUT2D eigenvalue weighted by Gasteiger charge is 2.80. The lowest BCUT2D eigenvalue weighted by molar-refractivity contribution is -0.228. The molecule has 6 aliphatic rings. The Morgan fingerprint density at radius 3 is 2.47 bits per heavy atom. The molecule has 57 heavy (non-hydrogen) atoms. The van der Waals surface area contributed by atoms with Crippen LogP contribution >= 0.6 is 0 Å². The third-order valence-electron chi connectivity index (χ3n) is 14.8. The van der Waals surface area contributed by atoms with Crippen LogP contribution in [-0.4, -0.2) is 116 Å². The number of aliphatic hydroxyl groups is 1. The average molecular weight is 779 g/mol. The fourth-order valence-corrected chi connectivity index (χ4v) is 12.8. The third kappa shape index (κ3) is 4.80. The number of para-hydroxylation sites is 1. The number of nitrogens with zero attached hydrogens (tertiary/aromatic N) is 3. The van der Waals surface area contributed by atoms with Crippen LogP contribution < -0.4 is 9.64 Å². The van der Waals surface area contributed by atoms with Crippen LogP contribution in [0.25, 0.3) is 10.9 Å². The summed E-state index contributed by atoms with van der Waals surface area (Å²) < 4.78 is 23.9. The van der Waals surface area contributed by atoms with E-state index in [0.717, 1.165) is 52.9 Å². The molecule has 302 valence electrons. The lowest BCUT2D eigenvalue weighted by Gasteiger charge is -2.63. The molecule has 9 rings (SSSR count). The summed E-state index contributed by atoms with van der Waals surface area (Å²) in [5.74, 6) is -1.31. The van der Waals surface area contributed by atoms with Gasteiger partial charge in [0.25, 0.3) is 0 Å². The number of aromatic nitrogens is 1. The minimum absolute atomic E-state index is 0.0284. The van der Waals surface area contributed by atoms with Gasteiger partial charge in [0, 0.05) is 90.9 Å². The number of nitrogens with one attached hydrogen (secondary N) is 1. The molecule has 2 unspecified atom stereocenters. The minimum Gasteiger partial charge on any atom is -0.496 e. The first-order chi connectivity index (χ1) is 27.4.